The SMILES string of the molecule is COC(=O)CN(C)c1ccc([N+](=O)[O-])cc1. The van der Waals surface area contributed by atoms with Crippen molar-refractivity contribution in [2.24, 2.45) is 0 Å². The molecule has 0 aromatic heterocycles. The first-order valence-corrected chi connectivity index (χ1v) is 4.57. The van der Waals surface area contributed by atoms with Crippen LogP contribution in [0.4, 0.5) is 11.4 Å². The molecule has 0 aliphatic heterocycles. The molecule has 1 aromatic rings. The third-order valence-corrected chi connectivity index (χ3v) is 2.10. The van der Waals surface area contributed by atoms with E-state index < -0.39 is 4.92 Å². The first-order valence-electron chi connectivity index (χ1n) is 4.57. The summed E-state index contributed by atoms with van der Waals surface area (Å²) in [7, 11) is 3.02. The van der Waals surface area contributed by atoms with Crippen molar-refractivity contribution in [1.29, 1.82) is 0 Å². The predicted molar refractivity (Wildman–Crippen MR) is 58.4 cm³/mol. The van der Waals surface area contributed by atoms with Gasteiger partial charge < -0.3 is 9.64 Å². The molecule has 0 N–H and O–H groups in total. The van der Waals surface area contributed by atoms with Crippen molar-refractivity contribution in [1.82, 2.24) is 0 Å². The molecule has 0 saturated carbocycles. The monoisotopic (exact) mass is 224 g/mol. The number of ether oxygens (including phenoxy) is 1. The molecule has 0 saturated heterocycles. The summed E-state index contributed by atoms with van der Waals surface area (Å²) in [5, 5.41) is 10.4. The zero-order valence-corrected chi connectivity index (χ0v) is 9.04. The number of hydrogen-bond donors (Lipinski definition) is 0. The van der Waals surface area contributed by atoms with Crippen LogP contribution in [0.15, 0.2) is 24.3 Å². The molecule has 6 heteroatoms. The first kappa shape index (κ1) is 12.0. The van der Waals surface area contributed by atoms with Gasteiger partial charge in [-0.2, -0.15) is 0 Å². The Balaban J connectivity index is 2.73. The highest BCUT2D eigenvalue weighted by Gasteiger charge is 2.09. The Morgan fingerprint density at radius 3 is 2.44 bits per heavy atom. The largest absolute Gasteiger partial charge is 0.468 e. The highest BCUT2D eigenvalue weighted by Crippen LogP contribution is 2.17. The lowest BCUT2D eigenvalue weighted by molar-refractivity contribution is -0.384. The van der Waals surface area contributed by atoms with Gasteiger partial charge >= 0.3 is 5.97 Å². The molecule has 0 fully saturated rings. The minimum Gasteiger partial charge on any atom is -0.468 e. The van der Waals surface area contributed by atoms with Crippen LogP contribution >= 0.6 is 0 Å². The molecule has 0 atom stereocenters. The second kappa shape index (κ2) is 5.11. The van der Waals surface area contributed by atoms with Gasteiger partial charge in [0, 0.05) is 24.9 Å². The Bertz CT molecular complexity index is 388. The number of non-ortho nitro benzene ring substituents is 1. The lowest BCUT2D eigenvalue weighted by Crippen LogP contribution is -2.26. The van der Waals surface area contributed by atoms with Gasteiger partial charge in [0.1, 0.15) is 6.54 Å². The highest BCUT2D eigenvalue weighted by atomic mass is 16.6. The molecule has 0 heterocycles. The normalized spacial score (nSPS) is 9.62. The van der Waals surface area contributed by atoms with Crippen LogP contribution in [0.2, 0.25) is 0 Å². The van der Waals surface area contributed by atoms with Crippen LogP contribution < -0.4 is 4.90 Å². The van der Waals surface area contributed by atoms with Crippen molar-refractivity contribution in [3.8, 4) is 0 Å². The summed E-state index contributed by atoms with van der Waals surface area (Å²) >= 11 is 0. The van der Waals surface area contributed by atoms with Crippen LogP contribution in [0, 0.1) is 10.1 Å². The molecule has 86 valence electrons. The molecule has 0 radical (unpaired) electrons. The van der Waals surface area contributed by atoms with Crippen LogP contribution in [0.1, 0.15) is 0 Å². The number of likely N-dealkylation sites (N-methyl/N-ethyl adjacent to an activating group) is 1. The molecule has 16 heavy (non-hydrogen) atoms. The van der Waals surface area contributed by atoms with Crippen molar-refractivity contribution in [3.63, 3.8) is 0 Å². The molecular weight excluding hydrogens is 212 g/mol. The maximum Gasteiger partial charge on any atom is 0.325 e. The molecule has 6 nitrogen and oxygen atoms in total. The number of nitrogens with zero attached hydrogens (tertiary/aromatic N) is 2. The number of methoxy groups -OCH3 is 1. The van der Waals surface area contributed by atoms with E-state index in [2.05, 4.69) is 4.74 Å². The minimum atomic E-state index is -0.468. The molecule has 0 aliphatic carbocycles. The standard InChI is InChI=1S/C10H12N2O4/c1-11(7-10(13)16-2)8-3-5-9(6-4-8)12(14)15/h3-6H,7H2,1-2H3. The Morgan fingerprint density at radius 2 is 2.00 bits per heavy atom. The number of carbonyl (C=O) groups excluding carboxylic acids is 1. The smallest absolute Gasteiger partial charge is 0.325 e. The number of nitro benzene ring substituents is 1. The van der Waals surface area contributed by atoms with E-state index >= 15 is 0 Å². The van der Waals surface area contributed by atoms with Crippen molar-refractivity contribution in [3.05, 3.63) is 34.4 Å². The Morgan fingerprint density at radius 1 is 1.44 bits per heavy atom. The predicted octanol–water partition coefficient (Wildman–Crippen LogP) is 1.20. The summed E-state index contributed by atoms with van der Waals surface area (Å²) in [5.74, 6) is -0.360. The lowest BCUT2D eigenvalue weighted by Gasteiger charge is -2.17. The van der Waals surface area contributed by atoms with Crippen molar-refractivity contribution in [2.45, 2.75) is 0 Å². The van der Waals surface area contributed by atoms with E-state index in [1.807, 2.05) is 0 Å². The zero-order valence-electron chi connectivity index (χ0n) is 9.04. The van der Waals surface area contributed by atoms with Crippen LogP contribution in [0.5, 0.6) is 0 Å². The number of nitro groups is 1. The van der Waals surface area contributed by atoms with E-state index in [0.29, 0.717) is 0 Å². The van der Waals surface area contributed by atoms with Gasteiger partial charge in [-0.1, -0.05) is 0 Å². The molecule has 1 aromatic carbocycles. The van der Waals surface area contributed by atoms with Crippen LogP contribution in [-0.4, -0.2) is 31.6 Å². The van der Waals surface area contributed by atoms with Gasteiger partial charge in [-0.25, -0.2) is 0 Å². The van der Waals surface area contributed by atoms with Crippen molar-refractivity contribution >= 4 is 17.3 Å². The maximum absolute atomic E-state index is 11.0. The fraction of sp³-hybridized carbons (Fsp3) is 0.300. The summed E-state index contributed by atoms with van der Waals surface area (Å²) in [6.07, 6.45) is 0. The summed E-state index contributed by atoms with van der Waals surface area (Å²) in [5.41, 5.74) is 0.742. The molecule has 0 spiro atoms. The highest BCUT2D eigenvalue weighted by molar-refractivity contribution is 5.75. The van der Waals surface area contributed by atoms with Gasteiger partial charge in [0.15, 0.2) is 0 Å². The molecule has 1 rings (SSSR count). The molecular formula is C10H12N2O4. The third kappa shape index (κ3) is 2.94. The Kier molecular flexibility index (Phi) is 3.82. The van der Waals surface area contributed by atoms with Crippen LogP contribution in [0.25, 0.3) is 0 Å². The van der Waals surface area contributed by atoms with Gasteiger partial charge in [-0.05, 0) is 12.1 Å². The number of rotatable bonds is 4. The van der Waals surface area contributed by atoms with Gasteiger partial charge in [0.05, 0.1) is 12.0 Å². The van der Waals surface area contributed by atoms with Crippen LogP contribution in [-0.2, 0) is 9.53 Å². The fourth-order valence-corrected chi connectivity index (χ4v) is 1.18. The lowest BCUT2D eigenvalue weighted by atomic mass is 10.2. The first-order chi connectivity index (χ1) is 7.54. The third-order valence-electron chi connectivity index (χ3n) is 2.10. The fourth-order valence-electron chi connectivity index (χ4n) is 1.18. The topological polar surface area (TPSA) is 72.7 Å². The summed E-state index contributed by atoms with van der Waals surface area (Å²) in [6.45, 7) is 0.105. The van der Waals surface area contributed by atoms with E-state index in [1.165, 1.54) is 19.2 Å². The number of carbonyl (C=O) groups is 1. The molecule has 0 bridgehead atoms. The quantitative estimate of drug-likeness (QED) is 0.436. The second-order valence-electron chi connectivity index (χ2n) is 3.21. The average molecular weight is 224 g/mol. The van der Waals surface area contributed by atoms with Crippen LogP contribution in [0.3, 0.4) is 0 Å². The Hall–Kier alpha value is -2.11. The van der Waals surface area contributed by atoms with Gasteiger partial charge in [0.2, 0.25) is 0 Å². The number of hydrogen-bond acceptors (Lipinski definition) is 5. The number of esters is 1. The molecule has 0 amide bonds. The summed E-state index contributed by atoms with van der Waals surface area (Å²) in [4.78, 5) is 22.6. The zero-order chi connectivity index (χ0) is 12.1. The minimum absolute atomic E-state index is 0.0234. The number of anilines is 1. The van der Waals surface area contributed by atoms with Gasteiger partial charge in [-0.3, -0.25) is 14.9 Å². The van der Waals surface area contributed by atoms with Crippen molar-refractivity contribution in [2.75, 3.05) is 25.6 Å². The van der Waals surface area contributed by atoms with E-state index in [-0.39, 0.29) is 18.2 Å². The average Bonchev–Trinajstić information content (AvgIpc) is 2.28. The van der Waals surface area contributed by atoms with E-state index in [0.717, 1.165) is 5.69 Å². The summed E-state index contributed by atoms with van der Waals surface area (Å²) in [6, 6.07) is 5.95. The van der Waals surface area contributed by atoms with E-state index in [4.69, 9.17) is 0 Å². The second-order valence-corrected chi connectivity index (χ2v) is 3.21. The molecule has 0 unspecified atom stereocenters. The van der Waals surface area contributed by atoms with Gasteiger partial charge in [0.25, 0.3) is 5.69 Å². The van der Waals surface area contributed by atoms with E-state index in [9.17, 15) is 14.9 Å². The Labute approximate surface area is 92.6 Å². The maximum atomic E-state index is 11.0. The molecule has 0 aliphatic rings. The number of benzene rings is 1. The van der Waals surface area contributed by atoms with E-state index in [1.54, 1.807) is 24.1 Å². The summed E-state index contributed by atoms with van der Waals surface area (Å²) < 4.78 is 4.52. The van der Waals surface area contributed by atoms with Crippen molar-refractivity contribution < 1.29 is 14.5 Å². The van der Waals surface area contributed by atoms with Gasteiger partial charge in [-0.15, -0.1) is 0 Å².